The Morgan fingerprint density at radius 2 is 2.24 bits per heavy atom. The number of nitrogens with two attached hydrogens (primary N) is 1. The van der Waals surface area contributed by atoms with Crippen molar-refractivity contribution >= 4 is 5.82 Å². The van der Waals surface area contributed by atoms with Crippen LogP contribution >= 0.6 is 0 Å². The van der Waals surface area contributed by atoms with Crippen molar-refractivity contribution in [2.24, 2.45) is 5.73 Å². The van der Waals surface area contributed by atoms with Crippen molar-refractivity contribution in [2.75, 3.05) is 38.3 Å². The number of hydrogen-bond donors (Lipinski definition) is 2. The Morgan fingerprint density at radius 1 is 1.47 bits per heavy atom. The molecule has 0 radical (unpaired) electrons. The fourth-order valence-electron chi connectivity index (χ4n) is 1.38. The Kier molecular flexibility index (Phi) is 5.90. The van der Waals surface area contributed by atoms with Crippen LogP contribution in [0.4, 0.5) is 5.82 Å². The molecule has 0 unspecified atom stereocenters. The fourth-order valence-corrected chi connectivity index (χ4v) is 1.38. The molecule has 0 aromatic carbocycles. The largest absolute Gasteiger partial charge is 0.394 e. The first-order valence-electron chi connectivity index (χ1n) is 5.76. The van der Waals surface area contributed by atoms with Gasteiger partial charge in [0.2, 0.25) is 0 Å². The number of nitrogens with zero attached hydrogens (tertiary/aromatic N) is 2. The minimum Gasteiger partial charge on any atom is -0.394 e. The van der Waals surface area contributed by atoms with Crippen LogP contribution in [0.25, 0.3) is 0 Å². The highest BCUT2D eigenvalue weighted by Crippen LogP contribution is 2.13. The first-order valence-corrected chi connectivity index (χ1v) is 5.76. The average Bonchev–Trinajstić information content (AvgIpc) is 2.34. The second-order valence-corrected chi connectivity index (χ2v) is 4.00. The molecule has 5 nitrogen and oxygen atoms in total. The Balaban J connectivity index is 2.43. The summed E-state index contributed by atoms with van der Waals surface area (Å²) in [5.41, 5.74) is 6.78. The molecular formula is C12H21N3O2. The van der Waals surface area contributed by atoms with Crippen LogP contribution in [0.15, 0.2) is 18.3 Å². The third-order valence-corrected chi connectivity index (χ3v) is 2.49. The van der Waals surface area contributed by atoms with Gasteiger partial charge in [0.25, 0.3) is 0 Å². The van der Waals surface area contributed by atoms with E-state index in [2.05, 4.69) is 4.98 Å². The highest BCUT2D eigenvalue weighted by molar-refractivity contribution is 5.38. The quantitative estimate of drug-likeness (QED) is 0.680. The average molecular weight is 239 g/mol. The molecule has 1 atom stereocenters. The molecule has 0 saturated heterocycles. The van der Waals surface area contributed by atoms with Crippen LogP contribution in [-0.4, -0.2) is 43.5 Å². The van der Waals surface area contributed by atoms with Crippen LogP contribution in [-0.2, 0) is 4.74 Å². The molecule has 0 aliphatic carbocycles. The van der Waals surface area contributed by atoms with Gasteiger partial charge in [-0.3, -0.25) is 0 Å². The van der Waals surface area contributed by atoms with Gasteiger partial charge in [0.15, 0.2) is 0 Å². The lowest BCUT2D eigenvalue weighted by Gasteiger charge is -2.18. The summed E-state index contributed by atoms with van der Waals surface area (Å²) < 4.78 is 5.20. The first-order chi connectivity index (χ1) is 8.15. The molecule has 5 heteroatoms. The van der Waals surface area contributed by atoms with Crippen molar-refractivity contribution in [3.8, 4) is 0 Å². The second kappa shape index (κ2) is 7.21. The highest BCUT2D eigenvalue weighted by atomic mass is 16.5. The molecule has 1 rings (SSSR count). The van der Waals surface area contributed by atoms with Crippen LogP contribution in [0.5, 0.6) is 0 Å². The maximum absolute atomic E-state index is 8.57. The lowest BCUT2D eigenvalue weighted by Crippen LogP contribution is -2.24. The number of rotatable bonds is 7. The number of likely N-dealkylation sites (N-methyl/N-ethyl adjacent to an activating group) is 1. The van der Waals surface area contributed by atoms with Crippen molar-refractivity contribution in [1.29, 1.82) is 0 Å². The van der Waals surface area contributed by atoms with E-state index in [4.69, 9.17) is 15.6 Å². The van der Waals surface area contributed by atoms with E-state index in [1.54, 1.807) is 6.20 Å². The van der Waals surface area contributed by atoms with E-state index in [9.17, 15) is 0 Å². The number of ether oxygens (including phenoxy) is 1. The summed E-state index contributed by atoms with van der Waals surface area (Å²) in [7, 11) is 1.95. The Morgan fingerprint density at radius 3 is 2.76 bits per heavy atom. The van der Waals surface area contributed by atoms with Crippen LogP contribution in [0.2, 0.25) is 0 Å². The summed E-state index contributed by atoms with van der Waals surface area (Å²) in [5, 5.41) is 8.57. The molecule has 0 bridgehead atoms. The van der Waals surface area contributed by atoms with E-state index in [0.29, 0.717) is 13.2 Å². The van der Waals surface area contributed by atoms with Crippen molar-refractivity contribution in [3.05, 3.63) is 23.9 Å². The van der Waals surface area contributed by atoms with E-state index in [1.165, 1.54) is 0 Å². The predicted octanol–water partition coefficient (Wildman–Crippen LogP) is 0.546. The van der Waals surface area contributed by atoms with Crippen molar-refractivity contribution < 1.29 is 9.84 Å². The van der Waals surface area contributed by atoms with Gasteiger partial charge < -0.3 is 20.5 Å². The molecule has 17 heavy (non-hydrogen) atoms. The van der Waals surface area contributed by atoms with E-state index in [-0.39, 0.29) is 12.6 Å². The number of aliphatic hydroxyl groups excluding tert-OH is 1. The maximum atomic E-state index is 8.57. The molecule has 3 N–H and O–H groups in total. The monoisotopic (exact) mass is 239 g/mol. The molecule has 0 spiro atoms. The van der Waals surface area contributed by atoms with Crippen LogP contribution in [0.1, 0.15) is 18.5 Å². The molecule has 0 fully saturated rings. The molecular weight excluding hydrogens is 218 g/mol. The van der Waals surface area contributed by atoms with Crippen molar-refractivity contribution in [2.45, 2.75) is 13.0 Å². The van der Waals surface area contributed by atoms with E-state index in [1.807, 2.05) is 31.0 Å². The van der Waals surface area contributed by atoms with Gasteiger partial charge in [-0.25, -0.2) is 4.98 Å². The number of hydrogen-bond acceptors (Lipinski definition) is 5. The lowest BCUT2D eigenvalue weighted by atomic mass is 10.1. The van der Waals surface area contributed by atoms with Gasteiger partial charge in [0, 0.05) is 25.8 Å². The normalized spacial score (nSPS) is 12.5. The maximum Gasteiger partial charge on any atom is 0.128 e. The van der Waals surface area contributed by atoms with Crippen LogP contribution in [0.3, 0.4) is 0 Å². The lowest BCUT2D eigenvalue weighted by molar-refractivity contribution is 0.0970. The molecule has 96 valence electrons. The summed E-state index contributed by atoms with van der Waals surface area (Å²) in [5.74, 6) is 0.891. The number of anilines is 1. The SMILES string of the molecule is C[C@H](N)c1ccc(N(C)CCOCCO)nc1. The predicted molar refractivity (Wildman–Crippen MR) is 68.0 cm³/mol. The number of pyridine rings is 1. The Bertz CT molecular complexity index is 314. The molecule has 1 aromatic heterocycles. The van der Waals surface area contributed by atoms with Crippen LogP contribution < -0.4 is 10.6 Å². The zero-order valence-electron chi connectivity index (χ0n) is 10.5. The van der Waals surface area contributed by atoms with Gasteiger partial charge in [-0.05, 0) is 18.6 Å². The number of aliphatic hydroxyl groups is 1. The summed E-state index contributed by atoms with van der Waals surface area (Å²) in [6, 6.07) is 3.94. The minimum atomic E-state index is 0.00902. The Labute approximate surface area is 102 Å². The Hall–Kier alpha value is -1.17. The van der Waals surface area contributed by atoms with Crippen molar-refractivity contribution in [1.82, 2.24) is 4.98 Å². The smallest absolute Gasteiger partial charge is 0.128 e. The molecule has 1 heterocycles. The van der Waals surface area contributed by atoms with Crippen LogP contribution in [0, 0.1) is 0 Å². The van der Waals surface area contributed by atoms with Gasteiger partial charge >= 0.3 is 0 Å². The zero-order chi connectivity index (χ0) is 12.7. The van der Waals surface area contributed by atoms with Gasteiger partial charge in [-0.2, -0.15) is 0 Å². The summed E-state index contributed by atoms with van der Waals surface area (Å²) in [4.78, 5) is 6.34. The topological polar surface area (TPSA) is 71.6 Å². The zero-order valence-corrected chi connectivity index (χ0v) is 10.5. The fraction of sp³-hybridized carbons (Fsp3) is 0.583. The van der Waals surface area contributed by atoms with Gasteiger partial charge in [0.05, 0.1) is 19.8 Å². The third kappa shape index (κ3) is 4.68. The third-order valence-electron chi connectivity index (χ3n) is 2.49. The second-order valence-electron chi connectivity index (χ2n) is 4.00. The van der Waals surface area contributed by atoms with Gasteiger partial charge in [-0.15, -0.1) is 0 Å². The minimum absolute atomic E-state index is 0.00902. The number of aromatic nitrogens is 1. The van der Waals surface area contributed by atoms with Gasteiger partial charge in [0.1, 0.15) is 5.82 Å². The molecule has 0 saturated carbocycles. The molecule has 0 amide bonds. The van der Waals surface area contributed by atoms with E-state index >= 15 is 0 Å². The summed E-state index contributed by atoms with van der Waals surface area (Å²) >= 11 is 0. The van der Waals surface area contributed by atoms with E-state index in [0.717, 1.165) is 17.9 Å². The van der Waals surface area contributed by atoms with Crippen molar-refractivity contribution in [3.63, 3.8) is 0 Å². The van der Waals surface area contributed by atoms with E-state index < -0.39 is 0 Å². The standard InChI is InChI=1S/C12H21N3O2/c1-10(13)11-3-4-12(14-9-11)15(2)5-7-17-8-6-16/h3-4,9-10,16H,5-8,13H2,1-2H3/t10-/m0/s1. The molecule has 0 aliphatic rings. The summed E-state index contributed by atoms with van der Waals surface area (Å²) in [6.45, 7) is 3.69. The molecule has 0 aliphatic heterocycles. The highest BCUT2D eigenvalue weighted by Gasteiger charge is 2.04. The van der Waals surface area contributed by atoms with Gasteiger partial charge in [-0.1, -0.05) is 6.07 Å². The molecule has 1 aromatic rings. The summed E-state index contributed by atoms with van der Waals surface area (Å²) in [6.07, 6.45) is 1.80. The first kappa shape index (κ1) is 13.9.